The Balaban J connectivity index is 1.81. The van der Waals surface area contributed by atoms with Crippen molar-refractivity contribution in [3.63, 3.8) is 0 Å². The second kappa shape index (κ2) is 11.6. The van der Waals surface area contributed by atoms with Crippen molar-refractivity contribution in [2.24, 2.45) is 0 Å². The highest BCUT2D eigenvalue weighted by Crippen LogP contribution is 2.38. The second-order valence-corrected chi connectivity index (χ2v) is 9.41. The molecule has 0 fully saturated rings. The summed E-state index contributed by atoms with van der Waals surface area (Å²) >= 11 is 0. The molecule has 2 amide bonds. The summed E-state index contributed by atoms with van der Waals surface area (Å²) in [6, 6.07) is 14.3. The summed E-state index contributed by atoms with van der Waals surface area (Å²) in [5, 5.41) is 2.54. The average molecular weight is 577 g/mol. The fourth-order valence-corrected chi connectivity index (χ4v) is 4.42. The minimum atomic E-state index is -5.07. The third kappa shape index (κ3) is 6.53. The quantitative estimate of drug-likeness (QED) is 0.228. The minimum Gasteiger partial charge on any atom is -0.315 e. The number of nitrogens with zero attached hydrogens (tertiary/aromatic N) is 3. The lowest BCUT2D eigenvalue weighted by Crippen LogP contribution is -2.40. The van der Waals surface area contributed by atoms with Gasteiger partial charge in [0, 0.05) is 12.2 Å². The van der Waals surface area contributed by atoms with Crippen LogP contribution in [0.5, 0.6) is 0 Å². The number of alkyl halides is 6. The van der Waals surface area contributed by atoms with Gasteiger partial charge in [0.15, 0.2) is 0 Å². The van der Waals surface area contributed by atoms with Crippen LogP contribution < -0.4 is 10.9 Å². The summed E-state index contributed by atoms with van der Waals surface area (Å²) < 4.78 is 81.7. The van der Waals surface area contributed by atoms with Gasteiger partial charge in [0.05, 0.1) is 33.8 Å². The Morgan fingerprint density at radius 2 is 1.51 bits per heavy atom. The molecule has 1 atom stereocenters. The van der Waals surface area contributed by atoms with Crippen molar-refractivity contribution in [2.45, 2.75) is 45.1 Å². The fourth-order valence-electron chi connectivity index (χ4n) is 4.42. The van der Waals surface area contributed by atoms with Gasteiger partial charge < -0.3 is 10.2 Å². The summed E-state index contributed by atoms with van der Waals surface area (Å²) in [4.78, 5) is 33.0. The number of benzene rings is 3. The number of amides is 2. The lowest BCUT2D eigenvalue weighted by Gasteiger charge is -2.31. The predicted molar refractivity (Wildman–Crippen MR) is 143 cm³/mol. The van der Waals surface area contributed by atoms with Gasteiger partial charge in [-0.2, -0.15) is 26.3 Å². The van der Waals surface area contributed by atoms with Crippen LogP contribution in [0.3, 0.4) is 0 Å². The Labute approximate surface area is 231 Å². The first-order valence-corrected chi connectivity index (χ1v) is 12.8. The number of halogens is 6. The van der Waals surface area contributed by atoms with Crippen LogP contribution in [0.4, 0.5) is 36.8 Å². The van der Waals surface area contributed by atoms with E-state index in [1.807, 2.05) is 6.92 Å². The van der Waals surface area contributed by atoms with Crippen LogP contribution in [0.1, 0.15) is 49.7 Å². The van der Waals surface area contributed by atoms with Crippen molar-refractivity contribution < 1.29 is 31.1 Å². The molecule has 0 spiro atoms. The van der Waals surface area contributed by atoms with Crippen LogP contribution in [0.25, 0.3) is 16.6 Å². The molecule has 1 N–H and O–H groups in total. The molecule has 0 bridgehead atoms. The number of nitrogens with one attached hydrogen (secondary N) is 1. The molecule has 0 saturated heterocycles. The molecule has 0 aliphatic rings. The van der Waals surface area contributed by atoms with Crippen molar-refractivity contribution in [2.75, 3.05) is 11.9 Å². The number of anilines is 1. The molecule has 0 saturated carbocycles. The maximum Gasteiger partial charge on any atom is 0.416 e. The van der Waals surface area contributed by atoms with Gasteiger partial charge >= 0.3 is 18.4 Å². The smallest absolute Gasteiger partial charge is 0.315 e. The van der Waals surface area contributed by atoms with Crippen molar-refractivity contribution >= 4 is 22.6 Å². The number of urea groups is 1. The van der Waals surface area contributed by atoms with Crippen molar-refractivity contribution in [3.8, 4) is 5.69 Å². The number of carbonyl (C=O) groups excluding carboxylic acids is 1. The molecule has 3 aromatic carbocycles. The van der Waals surface area contributed by atoms with Crippen molar-refractivity contribution in [3.05, 3.63) is 100 Å². The van der Waals surface area contributed by atoms with E-state index in [1.165, 1.54) is 9.47 Å². The molecular weight excluding hydrogens is 550 g/mol. The number of hydrogen-bond acceptors (Lipinski definition) is 3. The van der Waals surface area contributed by atoms with Gasteiger partial charge in [0.25, 0.3) is 5.56 Å². The van der Waals surface area contributed by atoms with Gasteiger partial charge in [-0.3, -0.25) is 9.36 Å². The number of para-hydroxylation sites is 2. The van der Waals surface area contributed by atoms with Crippen LogP contribution in [-0.4, -0.2) is 27.0 Å². The molecule has 1 unspecified atom stereocenters. The Hall–Kier alpha value is -4.35. The molecule has 6 nitrogen and oxygen atoms in total. The van der Waals surface area contributed by atoms with Gasteiger partial charge in [0.2, 0.25) is 0 Å². The van der Waals surface area contributed by atoms with Crippen LogP contribution in [0.15, 0.2) is 77.6 Å². The van der Waals surface area contributed by atoms with Crippen molar-refractivity contribution in [1.82, 2.24) is 14.5 Å². The molecule has 1 aromatic heterocycles. The summed E-state index contributed by atoms with van der Waals surface area (Å²) in [6.45, 7) is 3.54. The van der Waals surface area contributed by atoms with Gasteiger partial charge in [-0.25, -0.2) is 9.78 Å². The van der Waals surface area contributed by atoms with Crippen LogP contribution in [0, 0.1) is 0 Å². The topological polar surface area (TPSA) is 67.2 Å². The summed E-state index contributed by atoms with van der Waals surface area (Å²) in [6.07, 6.45) is -9.04. The standard InChI is InChI=1S/C29H26F6N4O2/c1-3-4-14-38(27(41)36-21-16-19(28(30,31)32)15-20(17-21)29(33,34)35)18(2)25-37-24-13-9-8-12-23(24)26(40)39(25)22-10-6-5-7-11-22/h5-13,15-18H,3-4,14H2,1-2H3,(H,36,41). The van der Waals surface area contributed by atoms with E-state index in [0.29, 0.717) is 41.6 Å². The van der Waals surface area contributed by atoms with Crippen LogP contribution >= 0.6 is 0 Å². The number of unbranched alkanes of at least 4 members (excludes halogenated alkanes) is 1. The van der Waals surface area contributed by atoms with E-state index in [0.717, 1.165) is 0 Å². The first kappa shape index (κ1) is 29.6. The third-order valence-electron chi connectivity index (χ3n) is 6.51. The van der Waals surface area contributed by atoms with E-state index < -0.39 is 46.8 Å². The zero-order valence-corrected chi connectivity index (χ0v) is 22.1. The largest absolute Gasteiger partial charge is 0.416 e. The molecular formula is C29H26F6N4O2. The average Bonchev–Trinajstić information content (AvgIpc) is 2.92. The number of hydrogen-bond donors (Lipinski definition) is 1. The van der Waals surface area contributed by atoms with E-state index in [-0.39, 0.29) is 18.4 Å². The van der Waals surface area contributed by atoms with E-state index in [9.17, 15) is 35.9 Å². The Bertz CT molecular complexity index is 1570. The fraction of sp³-hybridized carbons (Fsp3) is 0.276. The Morgan fingerprint density at radius 3 is 2.10 bits per heavy atom. The van der Waals surface area contributed by atoms with Gasteiger partial charge in [-0.1, -0.05) is 43.7 Å². The highest BCUT2D eigenvalue weighted by molar-refractivity contribution is 5.90. The SMILES string of the molecule is CCCCN(C(=O)Nc1cc(C(F)(F)F)cc(C(F)(F)F)c1)C(C)c1nc2ccccc2c(=O)n1-c1ccccc1. The maximum absolute atomic E-state index is 13.6. The van der Waals surface area contributed by atoms with Gasteiger partial charge in [-0.05, 0) is 55.8 Å². The lowest BCUT2D eigenvalue weighted by atomic mass is 10.1. The van der Waals surface area contributed by atoms with E-state index in [1.54, 1.807) is 61.5 Å². The van der Waals surface area contributed by atoms with E-state index >= 15 is 0 Å². The van der Waals surface area contributed by atoms with Crippen LogP contribution in [-0.2, 0) is 12.4 Å². The zero-order valence-electron chi connectivity index (χ0n) is 22.1. The van der Waals surface area contributed by atoms with Crippen LogP contribution in [0.2, 0.25) is 0 Å². The maximum atomic E-state index is 13.6. The Kier molecular flexibility index (Phi) is 8.41. The third-order valence-corrected chi connectivity index (χ3v) is 6.51. The second-order valence-electron chi connectivity index (χ2n) is 9.41. The first-order chi connectivity index (χ1) is 19.3. The molecule has 0 aliphatic heterocycles. The number of aromatic nitrogens is 2. The first-order valence-electron chi connectivity index (χ1n) is 12.8. The molecule has 0 radical (unpaired) electrons. The summed E-state index contributed by atoms with van der Waals surface area (Å²) in [5.41, 5.74) is -3.32. The van der Waals surface area contributed by atoms with Crippen molar-refractivity contribution in [1.29, 1.82) is 0 Å². The molecule has 4 rings (SSSR count). The van der Waals surface area contributed by atoms with Gasteiger partial charge in [0.1, 0.15) is 5.82 Å². The Morgan fingerprint density at radius 1 is 0.927 bits per heavy atom. The number of rotatable bonds is 7. The summed E-state index contributed by atoms with van der Waals surface area (Å²) in [7, 11) is 0. The minimum absolute atomic E-state index is 0.00924. The predicted octanol–water partition coefficient (Wildman–Crippen LogP) is 7.82. The lowest BCUT2D eigenvalue weighted by molar-refractivity contribution is -0.143. The number of fused-ring (bicyclic) bond motifs is 1. The zero-order chi connectivity index (χ0) is 29.9. The van der Waals surface area contributed by atoms with E-state index in [4.69, 9.17) is 0 Å². The molecule has 4 aromatic rings. The molecule has 1 heterocycles. The molecule has 0 aliphatic carbocycles. The molecule has 12 heteroatoms. The van der Waals surface area contributed by atoms with Gasteiger partial charge in [-0.15, -0.1) is 0 Å². The monoisotopic (exact) mass is 576 g/mol. The highest BCUT2D eigenvalue weighted by Gasteiger charge is 2.37. The number of carbonyl (C=O) groups is 1. The summed E-state index contributed by atoms with van der Waals surface area (Å²) in [5.74, 6) is 0.172. The van der Waals surface area contributed by atoms with E-state index in [2.05, 4.69) is 10.3 Å². The normalized spacial score (nSPS) is 12.8. The highest BCUT2D eigenvalue weighted by atomic mass is 19.4. The molecule has 41 heavy (non-hydrogen) atoms. The molecule has 216 valence electrons.